The van der Waals surface area contributed by atoms with E-state index in [0.29, 0.717) is 21.9 Å². The van der Waals surface area contributed by atoms with Gasteiger partial charge >= 0.3 is 0 Å². The third-order valence-electron chi connectivity index (χ3n) is 4.10. The van der Waals surface area contributed by atoms with Crippen LogP contribution in [0.25, 0.3) is 21.9 Å². The molecule has 0 aliphatic heterocycles. The second-order valence-corrected chi connectivity index (χ2v) is 5.46. The van der Waals surface area contributed by atoms with E-state index < -0.39 is 0 Å². The van der Waals surface area contributed by atoms with Crippen LogP contribution in [0.4, 0.5) is 0 Å². The molecule has 1 heterocycles. The largest absolute Gasteiger partial charge is 0.455 e. The Balaban J connectivity index is 2.40. The predicted molar refractivity (Wildman–Crippen MR) is 87.2 cm³/mol. The van der Waals surface area contributed by atoms with Gasteiger partial charge < -0.3 is 9.73 Å². The standard InChI is InChI=1S/C18H17NO3/c1-10-7-8-14-16(21)13-6-4-5-12(9-15(20)19-3)18(13)22-17(14)11(10)2/h4-8H,9H2,1-3H3,(H,19,20). The lowest BCUT2D eigenvalue weighted by Gasteiger charge is -2.09. The molecule has 0 fully saturated rings. The maximum absolute atomic E-state index is 12.7. The number of nitrogens with one attached hydrogen (secondary N) is 1. The quantitative estimate of drug-likeness (QED) is 0.740. The van der Waals surface area contributed by atoms with Crippen molar-refractivity contribution in [1.29, 1.82) is 0 Å². The third kappa shape index (κ3) is 2.17. The molecule has 0 unspecified atom stereocenters. The molecule has 1 amide bonds. The van der Waals surface area contributed by atoms with Crippen molar-refractivity contribution in [2.45, 2.75) is 20.3 Å². The van der Waals surface area contributed by atoms with Crippen LogP contribution in [0, 0.1) is 13.8 Å². The summed E-state index contributed by atoms with van der Waals surface area (Å²) in [4.78, 5) is 24.4. The van der Waals surface area contributed by atoms with Gasteiger partial charge in [-0.25, -0.2) is 0 Å². The van der Waals surface area contributed by atoms with Crippen molar-refractivity contribution in [2.24, 2.45) is 0 Å². The van der Waals surface area contributed by atoms with Crippen LogP contribution in [-0.4, -0.2) is 13.0 Å². The first-order valence-corrected chi connectivity index (χ1v) is 7.18. The Morgan fingerprint density at radius 1 is 1.09 bits per heavy atom. The van der Waals surface area contributed by atoms with Crippen LogP contribution in [0.2, 0.25) is 0 Å². The van der Waals surface area contributed by atoms with Crippen molar-refractivity contribution in [3.63, 3.8) is 0 Å². The molecule has 0 bridgehead atoms. The Labute approximate surface area is 127 Å². The number of hydrogen-bond donors (Lipinski definition) is 1. The van der Waals surface area contributed by atoms with Crippen molar-refractivity contribution in [3.05, 3.63) is 57.2 Å². The molecule has 3 aromatic rings. The second-order valence-electron chi connectivity index (χ2n) is 5.46. The fourth-order valence-corrected chi connectivity index (χ4v) is 2.63. The smallest absolute Gasteiger partial charge is 0.224 e. The lowest BCUT2D eigenvalue weighted by Crippen LogP contribution is -2.20. The fourth-order valence-electron chi connectivity index (χ4n) is 2.63. The van der Waals surface area contributed by atoms with Gasteiger partial charge in [0, 0.05) is 12.6 Å². The normalized spacial score (nSPS) is 11.0. The predicted octanol–water partition coefficient (Wildman–Crippen LogP) is 2.85. The van der Waals surface area contributed by atoms with Crippen molar-refractivity contribution in [1.82, 2.24) is 5.32 Å². The summed E-state index contributed by atoms with van der Waals surface area (Å²) in [5, 5.41) is 3.68. The van der Waals surface area contributed by atoms with Gasteiger partial charge in [0.2, 0.25) is 11.3 Å². The van der Waals surface area contributed by atoms with Crippen LogP contribution in [-0.2, 0) is 11.2 Å². The Hall–Kier alpha value is -2.62. The van der Waals surface area contributed by atoms with Crippen molar-refractivity contribution in [3.8, 4) is 0 Å². The molecule has 0 saturated heterocycles. The van der Waals surface area contributed by atoms with Gasteiger partial charge in [0.25, 0.3) is 0 Å². The zero-order valence-corrected chi connectivity index (χ0v) is 12.8. The van der Waals surface area contributed by atoms with Gasteiger partial charge in [0.1, 0.15) is 11.2 Å². The summed E-state index contributed by atoms with van der Waals surface area (Å²) < 4.78 is 6.04. The van der Waals surface area contributed by atoms with Gasteiger partial charge in [-0.2, -0.15) is 0 Å². The first kappa shape index (κ1) is 14.3. The number of carbonyl (C=O) groups is 1. The molecule has 1 N–H and O–H groups in total. The molecule has 0 aliphatic carbocycles. The van der Waals surface area contributed by atoms with E-state index in [4.69, 9.17) is 4.42 Å². The summed E-state index contributed by atoms with van der Waals surface area (Å²) in [5.74, 6) is -0.115. The SMILES string of the molecule is CNC(=O)Cc1cccc2c(=O)c3ccc(C)c(C)c3oc12. The summed E-state index contributed by atoms with van der Waals surface area (Å²) in [6.07, 6.45) is 0.188. The maximum atomic E-state index is 12.7. The zero-order chi connectivity index (χ0) is 15.9. The van der Waals surface area contributed by atoms with Crippen molar-refractivity contribution >= 4 is 27.8 Å². The molecule has 0 saturated carbocycles. The minimum atomic E-state index is -0.115. The molecule has 112 valence electrons. The first-order valence-electron chi connectivity index (χ1n) is 7.18. The molecule has 3 rings (SSSR count). The van der Waals surface area contributed by atoms with Gasteiger partial charge in [-0.1, -0.05) is 18.2 Å². The van der Waals surface area contributed by atoms with Crippen LogP contribution >= 0.6 is 0 Å². The Morgan fingerprint density at radius 2 is 1.82 bits per heavy atom. The number of likely N-dealkylation sites (N-methyl/N-ethyl adjacent to an activating group) is 1. The summed E-state index contributed by atoms with van der Waals surface area (Å²) in [5.41, 5.74) is 3.78. The number of aryl methyl sites for hydroxylation is 2. The summed E-state index contributed by atoms with van der Waals surface area (Å²) in [6, 6.07) is 9.06. The van der Waals surface area contributed by atoms with Crippen LogP contribution < -0.4 is 10.7 Å². The summed E-state index contributed by atoms with van der Waals surface area (Å²) in [7, 11) is 1.59. The third-order valence-corrected chi connectivity index (χ3v) is 4.10. The molecule has 0 atom stereocenters. The molecule has 1 aromatic heterocycles. The lowest BCUT2D eigenvalue weighted by molar-refractivity contribution is -0.119. The van der Waals surface area contributed by atoms with Crippen LogP contribution in [0.1, 0.15) is 16.7 Å². The van der Waals surface area contributed by atoms with Gasteiger partial charge in [-0.05, 0) is 37.1 Å². The van der Waals surface area contributed by atoms with E-state index in [1.165, 1.54) is 0 Å². The van der Waals surface area contributed by atoms with Crippen molar-refractivity contribution in [2.75, 3.05) is 7.05 Å². The van der Waals surface area contributed by atoms with Crippen LogP contribution in [0.5, 0.6) is 0 Å². The number of amides is 1. The number of rotatable bonds is 2. The number of hydrogen-bond acceptors (Lipinski definition) is 3. The average molecular weight is 295 g/mol. The maximum Gasteiger partial charge on any atom is 0.224 e. The molecule has 0 spiro atoms. The highest BCUT2D eigenvalue weighted by Crippen LogP contribution is 2.25. The van der Waals surface area contributed by atoms with Gasteiger partial charge in [0.15, 0.2) is 0 Å². The fraction of sp³-hybridized carbons (Fsp3) is 0.222. The lowest BCUT2D eigenvalue weighted by atomic mass is 10.0. The van der Waals surface area contributed by atoms with E-state index in [9.17, 15) is 9.59 Å². The monoisotopic (exact) mass is 295 g/mol. The van der Waals surface area contributed by atoms with E-state index in [2.05, 4.69) is 5.32 Å². The van der Waals surface area contributed by atoms with E-state index >= 15 is 0 Å². The highest BCUT2D eigenvalue weighted by atomic mass is 16.3. The van der Waals surface area contributed by atoms with E-state index in [1.807, 2.05) is 26.0 Å². The summed E-state index contributed by atoms with van der Waals surface area (Å²) >= 11 is 0. The van der Waals surface area contributed by atoms with E-state index in [1.54, 1.807) is 25.2 Å². The number of benzene rings is 2. The number of fused-ring (bicyclic) bond motifs is 2. The molecule has 2 aromatic carbocycles. The minimum Gasteiger partial charge on any atom is -0.455 e. The second kappa shape index (κ2) is 5.30. The first-order chi connectivity index (χ1) is 10.5. The van der Waals surface area contributed by atoms with E-state index in [-0.39, 0.29) is 17.8 Å². The molecule has 4 heteroatoms. The number of carbonyl (C=O) groups excluding carboxylic acids is 1. The van der Waals surface area contributed by atoms with Crippen LogP contribution in [0.3, 0.4) is 0 Å². The molecule has 22 heavy (non-hydrogen) atoms. The summed E-state index contributed by atoms with van der Waals surface area (Å²) in [6.45, 7) is 3.92. The molecule has 0 aliphatic rings. The Morgan fingerprint density at radius 3 is 2.55 bits per heavy atom. The number of para-hydroxylation sites is 1. The Kier molecular flexibility index (Phi) is 3.45. The average Bonchev–Trinajstić information content (AvgIpc) is 2.52. The van der Waals surface area contributed by atoms with Gasteiger partial charge in [0.05, 0.1) is 17.2 Å². The van der Waals surface area contributed by atoms with Gasteiger partial charge in [-0.15, -0.1) is 0 Å². The molecular formula is C18H17NO3. The minimum absolute atomic E-state index is 0.0573. The molecule has 0 radical (unpaired) electrons. The van der Waals surface area contributed by atoms with E-state index in [0.717, 1.165) is 16.7 Å². The highest BCUT2D eigenvalue weighted by Gasteiger charge is 2.14. The molecule has 4 nitrogen and oxygen atoms in total. The zero-order valence-electron chi connectivity index (χ0n) is 12.8. The topological polar surface area (TPSA) is 59.3 Å². The van der Waals surface area contributed by atoms with Crippen LogP contribution in [0.15, 0.2) is 39.5 Å². The highest BCUT2D eigenvalue weighted by molar-refractivity contribution is 5.94. The van der Waals surface area contributed by atoms with Crippen molar-refractivity contribution < 1.29 is 9.21 Å². The molecular weight excluding hydrogens is 278 g/mol. The van der Waals surface area contributed by atoms with Gasteiger partial charge in [-0.3, -0.25) is 9.59 Å². The Bertz CT molecular complexity index is 954.